The Morgan fingerprint density at radius 1 is 1.23 bits per heavy atom. The SMILES string of the molecule is Cc1nn(Cc2ccc(C(=O)NC3(c4cccc(Br)c4)CCC3)cc2)c(C)c1[N+](=O)[O-]. The molecular formula is C23H23BrN4O3. The number of amides is 1. The van der Waals surface area contributed by atoms with E-state index in [9.17, 15) is 14.9 Å². The number of carbonyl (C=O) groups excluding carboxylic acids is 1. The van der Waals surface area contributed by atoms with Crippen LogP contribution in [-0.4, -0.2) is 20.6 Å². The third kappa shape index (κ3) is 4.12. The van der Waals surface area contributed by atoms with Crippen LogP contribution >= 0.6 is 15.9 Å². The van der Waals surface area contributed by atoms with Crippen LogP contribution in [0.25, 0.3) is 0 Å². The molecule has 3 aromatic rings. The van der Waals surface area contributed by atoms with E-state index in [0.717, 1.165) is 34.9 Å². The first kappa shape index (κ1) is 21.2. The summed E-state index contributed by atoms with van der Waals surface area (Å²) in [5, 5.41) is 18.7. The van der Waals surface area contributed by atoms with Crippen molar-refractivity contribution in [2.24, 2.45) is 0 Å². The number of aryl methyl sites for hydroxylation is 1. The highest BCUT2D eigenvalue weighted by atomic mass is 79.9. The lowest BCUT2D eigenvalue weighted by Crippen LogP contribution is -2.50. The summed E-state index contributed by atoms with van der Waals surface area (Å²) < 4.78 is 2.62. The Morgan fingerprint density at radius 3 is 2.48 bits per heavy atom. The van der Waals surface area contributed by atoms with E-state index < -0.39 is 4.92 Å². The molecular weight excluding hydrogens is 460 g/mol. The van der Waals surface area contributed by atoms with Crippen molar-refractivity contribution in [2.45, 2.75) is 45.2 Å². The molecule has 1 aromatic heterocycles. The number of nitrogens with one attached hydrogen (secondary N) is 1. The maximum absolute atomic E-state index is 12.9. The molecule has 1 heterocycles. The van der Waals surface area contributed by atoms with Crippen LogP contribution in [0.4, 0.5) is 5.69 Å². The number of halogens is 1. The Labute approximate surface area is 188 Å². The van der Waals surface area contributed by atoms with Crippen molar-refractivity contribution >= 4 is 27.5 Å². The molecule has 0 saturated heterocycles. The number of nitro groups is 1. The van der Waals surface area contributed by atoms with E-state index in [1.165, 1.54) is 0 Å². The lowest BCUT2D eigenvalue weighted by atomic mass is 9.71. The monoisotopic (exact) mass is 482 g/mol. The second-order valence-electron chi connectivity index (χ2n) is 8.03. The molecule has 1 amide bonds. The average molecular weight is 483 g/mol. The summed E-state index contributed by atoms with van der Waals surface area (Å²) in [6.45, 7) is 3.74. The van der Waals surface area contributed by atoms with E-state index in [1.807, 2.05) is 24.3 Å². The van der Waals surface area contributed by atoms with E-state index >= 15 is 0 Å². The van der Waals surface area contributed by atoms with Gasteiger partial charge in [0.1, 0.15) is 11.4 Å². The van der Waals surface area contributed by atoms with Gasteiger partial charge in [-0.25, -0.2) is 0 Å². The van der Waals surface area contributed by atoms with Gasteiger partial charge in [-0.05, 0) is 68.5 Å². The molecule has 8 heteroatoms. The zero-order valence-electron chi connectivity index (χ0n) is 17.4. The molecule has 0 spiro atoms. The van der Waals surface area contributed by atoms with Crippen LogP contribution in [0.1, 0.15) is 52.1 Å². The molecule has 0 aliphatic heterocycles. The summed E-state index contributed by atoms with van der Waals surface area (Å²) in [4.78, 5) is 23.7. The van der Waals surface area contributed by atoms with Crippen molar-refractivity contribution in [3.05, 3.63) is 91.2 Å². The zero-order chi connectivity index (χ0) is 22.2. The third-order valence-electron chi connectivity index (χ3n) is 6.01. The minimum atomic E-state index is -0.400. The fourth-order valence-corrected chi connectivity index (χ4v) is 4.53. The second kappa shape index (κ2) is 8.26. The molecule has 31 heavy (non-hydrogen) atoms. The van der Waals surface area contributed by atoms with Gasteiger partial charge in [-0.3, -0.25) is 19.6 Å². The topological polar surface area (TPSA) is 90.1 Å². The van der Waals surface area contributed by atoms with E-state index in [4.69, 9.17) is 0 Å². The van der Waals surface area contributed by atoms with Crippen molar-refractivity contribution in [1.29, 1.82) is 0 Å². The predicted octanol–water partition coefficient (Wildman–Crippen LogP) is 5.03. The normalized spacial score (nSPS) is 14.7. The highest BCUT2D eigenvalue weighted by molar-refractivity contribution is 9.10. The lowest BCUT2D eigenvalue weighted by Gasteiger charge is -2.43. The smallest absolute Gasteiger partial charge is 0.312 e. The minimum absolute atomic E-state index is 0.0503. The van der Waals surface area contributed by atoms with Gasteiger partial charge in [0.2, 0.25) is 0 Å². The van der Waals surface area contributed by atoms with Crippen LogP contribution in [0.15, 0.2) is 53.0 Å². The van der Waals surface area contributed by atoms with Gasteiger partial charge in [-0.2, -0.15) is 5.10 Å². The van der Waals surface area contributed by atoms with E-state index in [2.05, 4.69) is 38.5 Å². The summed E-state index contributed by atoms with van der Waals surface area (Å²) in [5.41, 5.74) is 3.27. The van der Waals surface area contributed by atoms with Crippen LogP contribution in [0.2, 0.25) is 0 Å². The average Bonchev–Trinajstić information content (AvgIpc) is 2.98. The molecule has 160 valence electrons. The minimum Gasteiger partial charge on any atom is -0.343 e. The van der Waals surface area contributed by atoms with Crippen LogP contribution in [0.3, 0.4) is 0 Å². The molecule has 1 aliphatic rings. The van der Waals surface area contributed by atoms with Crippen LogP contribution in [-0.2, 0) is 12.1 Å². The Bertz CT molecular complexity index is 1150. The van der Waals surface area contributed by atoms with Crippen molar-refractivity contribution in [3.63, 3.8) is 0 Å². The Morgan fingerprint density at radius 2 is 1.94 bits per heavy atom. The zero-order valence-corrected chi connectivity index (χ0v) is 19.0. The first-order valence-electron chi connectivity index (χ1n) is 10.1. The van der Waals surface area contributed by atoms with Gasteiger partial charge in [0.05, 0.1) is 17.0 Å². The van der Waals surface area contributed by atoms with Crippen LogP contribution < -0.4 is 5.32 Å². The quantitative estimate of drug-likeness (QED) is 0.394. The summed E-state index contributed by atoms with van der Waals surface area (Å²) in [7, 11) is 0. The highest BCUT2D eigenvalue weighted by Crippen LogP contribution is 2.42. The molecule has 2 aromatic carbocycles. The summed E-state index contributed by atoms with van der Waals surface area (Å²) in [6, 6.07) is 15.4. The molecule has 1 fully saturated rings. The fourth-order valence-electron chi connectivity index (χ4n) is 4.13. The van der Waals surface area contributed by atoms with Gasteiger partial charge in [-0.1, -0.05) is 40.2 Å². The van der Waals surface area contributed by atoms with Crippen molar-refractivity contribution in [3.8, 4) is 0 Å². The van der Waals surface area contributed by atoms with Gasteiger partial charge in [0, 0.05) is 10.0 Å². The first-order chi connectivity index (χ1) is 14.8. The Hall–Kier alpha value is -3.00. The first-order valence-corrected chi connectivity index (χ1v) is 10.9. The largest absolute Gasteiger partial charge is 0.343 e. The van der Waals surface area contributed by atoms with Gasteiger partial charge in [0.15, 0.2) is 0 Å². The summed E-state index contributed by atoms with van der Waals surface area (Å²) in [5.74, 6) is -0.104. The maximum atomic E-state index is 12.9. The highest BCUT2D eigenvalue weighted by Gasteiger charge is 2.40. The molecule has 0 bridgehead atoms. The van der Waals surface area contributed by atoms with Gasteiger partial charge in [-0.15, -0.1) is 0 Å². The molecule has 1 N–H and O–H groups in total. The van der Waals surface area contributed by atoms with Crippen LogP contribution in [0.5, 0.6) is 0 Å². The van der Waals surface area contributed by atoms with Crippen molar-refractivity contribution in [2.75, 3.05) is 0 Å². The molecule has 0 radical (unpaired) electrons. The van der Waals surface area contributed by atoms with Gasteiger partial charge in [0.25, 0.3) is 5.91 Å². The van der Waals surface area contributed by atoms with E-state index in [-0.39, 0.29) is 17.1 Å². The fraction of sp³-hybridized carbons (Fsp3) is 0.304. The molecule has 7 nitrogen and oxygen atoms in total. The molecule has 1 aliphatic carbocycles. The van der Waals surface area contributed by atoms with E-state index in [1.54, 1.807) is 30.7 Å². The standard InChI is InChI=1S/C23H23BrN4O3/c1-15-21(28(30)31)16(2)27(26-15)14-17-7-9-18(10-8-17)22(29)25-23(11-4-12-23)19-5-3-6-20(24)13-19/h3,5-10,13H,4,11-12,14H2,1-2H3,(H,25,29). The molecule has 0 atom stereocenters. The Kier molecular flexibility index (Phi) is 5.66. The molecule has 0 unspecified atom stereocenters. The van der Waals surface area contributed by atoms with Gasteiger partial charge < -0.3 is 5.32 Å². The van der Waals surface area contributed by atoms with Gasteiger partial charge >= 0.3 is 5.69 Å². The number of hydrogen-bond acceptors (Lipinski definition) is 4. The number of carbonyl (C=O) groups is 1. The van der Waals surface area contributed by atoms with E-state index in [0.29, 0.717) is 23.5 Å². The van der Waals surface area contributed by atoms with Crippen molar-refractivity contribution in [1.82, 2.24) is 15.1 Å². The Balaban J connectivity index is 1.49. The van der Waals surface area contributed by atoms with Crippen LogP contribution in [0, 0.1) is 24.0 Å². The summed E-state index contributed by atoms with van der Waals surface area (Å²) >= 11 is 3.52. The number of benzene rings is 2. The maximum Gasteiger partial charge on any atom is 0.312 e. The second-order valence-corrected chi connectivity index (χ2v) is 8.95. The number of rotatable bonds is 6. The van der Waals surface area contributed by atoms with Crippen molar-refractivity contribution < 1.29 is 9.72 Å². The molecule has 1 saturated carbocycles. The third-order valence-corrected chi connectivity index (χ3v) is 6.50. The lowest BCUT2D eigenvalue weighted by molar-refractivity contribution is -0.386. The predicted molar refractivity (Wildman–Crippen MR) is 121 cm³/mol. The number of nitrogens with zero attached hydrogens (tertiary/aromatic N) is 3. The number of hydrogen-bond donors (Lipinski definition) is 1. The summed E-state index contributed by atoms with van der Waals surface area (Å²) in [6.07, 6.45) is 2.93. The molecule has 4 rings (SSSR count). The number of aromatic nitrogens is 2.